The number of carbonyl (C=O) groups is 1. The molecule has 2 aromatic carbocycles. The molecule has 44 heavy (non-hydrogen) atoms. The zero-order valence-electron chi connectivity index (χ0n) is 24.3. The molecular weight excluding hydrogens is 566 g/mol. The summed E-state index contributed by atoms with van der Waals surface area (Å²) in [7, 11) is 1.65. The number of anilines is 1. The van der Waals surface area contributed by atoms with E-state index < -0.39 is 28.9 Å². The Kier molecular flexibility index (Phi) is 5.90. The maximum absolute atomic E-state index is 13.9. The van der Waals surface area contributed by atoms with Crippen molar-refractivity contribution >= 4 is 22.9 Å². The standard InChI is InChI=1S/C33H30F2N6O3/c1-32(2)43-27-26(20-15-33(20,28(27)44-32)31(42)36-3)41-16-37-25-29(38-23-14-19(23)18-10-11-21(34)22(35)13-18)39-24(40-30(25)41)12-9-17-7-5-4-6-8-17/h4-8,10-11,13,16,19-20,23,26-28H,14-15H2,1-3H3,(H,36,42)(H,38,39,40)/t19?,20-,23?,26-,27-,28-,33+/m1/s1. The summed E-state index contributed by atoms with van der Waals surface area (Å²) in [5.41, 5.74) is 1.99. The molecular formula is C33H30F2N6O3. The van der Waals surface area contributed by atoms with E-state index in [1.165, 1.54) is 6.07 Å². The molecule has 2 aromatic heterocycles. The summed E-state index contributed by atoms with van der Waals surface area (Å²) in [5.74, 6) is 4.42. The third-order valence-corrected chi connectivity index (χ3v) is 9.41. The molecule has 3 heterocycles. The van der Waals surface area contributed by atoms with Crippen molar-refractivity contribution < 1.29 is 23.0 Å². The highest BCUT2D eigenvalue weighted by molar-refractivity contribution is 5.88. The molecule has 4 aromatic rings. The number of nitrogens with one attached hydrogen (secondary N) is 2. The Bertz CT molecular complexity index is 1880. The van der Waals surface area contributed by atoms with Gasteiger partial charge in [0.15, 0.2) is 34.4 Å². The number of fused-ring (bicyclic) bond motifs is 4. The number of halogens is 2. The van der Waals surface area contributed by atoms with Gasteiger partial charge in [-0.15, -0.1) is 0 Å². The second kappa shape index (κ2) is 9.55. The SMILES string of the molecule is CNC(=O)[C@@]12C[C@@H]1[C@@H](n1cnc3c(NC4CC4c4ccc(F)c(F)c4)nc(C#Cc4ccccc4)nc31)[C@H]1OC(C)(C)O[C@H]12. The van der Waals surface area contributed by atoms with Crippen molar-refractivity contribution in [1.29, 1.82) is 0 Å². The molecule has 2 unspecified atom stereocenters. The fraction of sp³-hybridized carbons (Fsp3) is 0.394. The van der Waals surface area contributed by atoms with Gasteiger partial charge in [0.2, 0.25) is 11.7 Å². The fourth-order valence-corrected chi connectivity index (χ4v) is 7.28. The lowest BCUT2D eigenvalue weighted by Gasteiger charge is -2.24. The van der Waals surface area contributed by atoms with E-state index in [2.05, 4.69) is 22.5 Å². The minimum atomic E-state index is -0.867. The number of amides is 1. The van der Waals surface area contributed by atoms with Crippen molar-refractivity contribution in [3.05, 3.63) is 83.4 Å². The van der Waals surface area contributed by atoms with Crippen molar-refractivity contribution in [3.8, 4) is 11.8 Å². The average Bonchev–Trinajstić information content (AvgIpc) is 3.84. The lowest BCUT2D eigenvalue weighted by Crippen LogP contribution is -2.40. The molecule has 0 spiro atoms. The molecule has 3 saturated carbocycles. The van der Waals surface area contributed by atoms with Gasteiger partial charge in [-0.1, -0.05) is 30.2 Å². The van der Waals surface area contributed by atoms with E-state index in [0.29, 0.717) is 29.2 Å². The number of carbonyl (C=O) groups excluding carboxylic acids is 1. The third-order valence-electron chi connectivity index (χ3n) is 9.41. The zero-order chi connectivity index (χ0) is 30.4. The average molecular weight is 597 g/mol. The Hall–Kier alpha value is -4.40. The second-order valence-corrected chi connectivity index (χ2v) is 12.5. The first-order valence-electron chi connectivity index (χ1n) is 14.8. The first-order valence-corrected chi connectivity index (χ1v) is 14.8. The van der Waals surface area contributed by atoms with Crippen LogP contribution in [-0.4, -0.2) is 56.5 Å². The molecule has 8 rings (SSSR count). The molecule has 1 amide bonds. The van der Waals surface area contributed by atoms with Gasteiger partial charge in [0.05, 0.1) is 17.8 Å². The molecule has 224 valence electrons. The lowest BCUT2D eigenvalue weighted by molar-refractivity contribution is -0.164. The summed E-state index contributed by atoms with van der Waals surface area (Å²) in [6, 6.07) is 13.3. The first-order chi connectivity index (χ1) is 21.2. The lowest BCUT2D eigenvalue weighted by atomic mass is 9.98. The molecule has 4 aliphatic rings. The predicted octanol–water partition coefficient (Wildman–Crippen LogP) is 4.30. The maximum Gasteiger partial charge on any atom is 0.229 e. The number of rotatable bonds is 5. The van der Waals surface area contributed by atoms with Crippen LogP contribution in [0.5, 0.6) is 0 Å². The molecule has 0 radical (unpaired) electrons. The number of hydrogen-bond donors (Lipinski definition) is 2. The van der Waals surface area contributed by atoms with Crippen LogP contribution >= 0.6 is 0 Å². The highest BCUT2D eigenvalue weighted by atomic mass is 19.2. The molecule has 11 heteroatoms. The molecule has 7 atom stereocenters. The van der Waals surface area contributed by atoms with Gasteiger partial charge in [-0.25, -0.2) is 23.7 Å². The van der Waals surface area contributed by atoms with E-state index in [1.807, 2.05) is 48.7 Å². The molecule has 9 nitrogen and oxygen atoms in total. The van der Waals surface area contributed by atoms with E-state index in [1.54, 1.807) is 19.4 Å². The van der Waals surface area contributed by atoms with E-state index in [0.717, 1.165) is 23.6 Å². The van der Waals surface area contributed by atoms with E-state index >= 15 is 0 Å². The summed E-state index contributed by atoms with van der Waals surface area (Å²) >= 11 is 0. The van der Waals surface area contributed by atoms with Gasteiger partial charge in [0, 0.05) is 30.5 Å². The maximum atomic E-state index is 13.9. The monoisotopic (exact) mass is 596 g/mol. The van der Waals surface area contributed by atoms with Crippen LogP contribution in [0, 0.1) is 34.8 Å². The largest absolute Gasteiger partial charge is 0.365 e. The van der Waals surface area contributed by atoms with Crippen molar-refractivity contribution in [2.45, 2.75) is 62.7 Å². The quantitative estimate of drug-likeness (QED) is 0.331. The normalized spacial score (nSPS) is 30.7. The van der Waals surface area contributed by atoms with Gasteiger partial charge < -0.3 is 24.7 Å². The van der Waals surface area contributed by atoms with E-state index in [4.69, 9.17) is 24.4 Å². The van der Waals surface area contributed by atoms with Crippen molar-refractivity contribution in [2.24, 2.45) is 11.3 Å². The van der Waals surface area contributed by atoms with Gasteiger partial charge in [0.25, 0.3) is 0 Å². The van der Waals surface area contributed by atoms with E-state index in [9.17, 15) is 13.6 Å². The number of imidazole rings is 1. The van der Waals surface area contributed by atoms with E-state index in [-0.39, 0.29) is 35.9 Å². The van der Waals surface area contributed by atoms with Crippen LogP contribution < -0.4 is 10.6 Å². The summed E-state index contributed by atoms with van der Waals surface area (Å²) in [4.78, 5) is 27.5. The van der Waals surface area contributed by atoms with Crippen molar-refractivity contribution in [1.82, 2.24) is 24.8 Å². The summed E-state index contributed by atoms with van der Waals surface area (Å²) < 4.78 is 42.2. The Labute approximate surface area is 252 Å². The molecule has 4 fully saturated rings. The first kappa shape index (κ1) is 27.2. The second-order valence-electron chi connectivity index (χ2n) is 12.5. The highest BCUT2D eigenvalue weighted by Crippen LogP contribution is 2.71. The van der Waals surface area contributed by atoms with Crippen LogP contribution in [0.2, 0.25) is 0 Å². The summed E-state index contributed by atoms with van der Waals surface area (Å²) in [6.07, 6.45) is 2.36. The van der Waals surface area contributed by atoms with Gasteiger partial charge in [0.1, 0.15) is 12.2 Å². The van der Waals surface area contributed by atoms with Gasteiger partial charge in [-0.3, -0.25) is 4.79 Å². The molecule has 1 aliphatic heterocycles. The molecule has 2 N–H and O–H groups in total. The fourth-order valence-electron chi connectivity index (χ4n) is 7.28. The summed E-state index contributed by atoms with van der Waals surface area (Å²) in [6.45, 7) is 3.73. The zero-order valence-corrected chi connectivity index (χ0v) is 24.3. The molecule has 3 aliphatic carbocycles. The minimum Gasteiger partial charge on any atom is -0.365 e. The molecule has 1 saturated heterocycles. The van der Waals surface area contributed by atoms with Crippen LogP contribution in [0.15, 0.2) is 54.9 Å². The van der Waals surface area contributed by atoms with Crippen LogP contribution in [-0.2, 0) is 14.3 Å². The predicted molar refractivity (Wildman–Crippen MR) is 156 cm³/mol. The van der Waals surface area contributed by atoms with Gasteiger partial charge in [-0.2, -0.15) is 0 Å². The van der Waals surface area contributed by atoms with Gasteiger partial charge in [-0.05, 0) is 62.4 Å². The Balaban J connectivity index is 1.19. The Morgan fingerprint density at radius 2 is 1.89 bits per heavy atom. The highest BCUT2D eigenvalue weighted by Gasteiger charge is 2.79. The van der Waals surface area contributed by atoms with Crippen LogP contribution in [0.25, 0.3) is 11.2 Å². The Morgan fingerprint density at radius 3 is 2.66 bits per heavy atom. The summed E-state index contributed by atoms with van der Waals surface area (Å²) in [5, 5.41) is 6.31. The number of nitrogens with zero attached hydrogens (tertiary/aromatic N) is 4. The smallest absolute Gasteiger partial charge is 0.229 e. The topological polar surface area (TPSA) is 103 Å². The number of hydrogen-bond acceptors (Lipinski definition) is 7. The van der Waals surface area contributed by atoms with Crippen molar-refractivity contribution in [3.63, 3.8) is 0 Å². The van der Waals surface area contributed by atoms with Gasteiger partial charge >= 0.3 is 0 Å². The number of aromatic nitrogens is 4. The minimum absolute atomic E-state index is 0.00227. The molecule has 0 bridgehead atoms. The number of ether oxygens (including phenoxy) is 2. The Morgan fingerprint density at radius 1 is 1.07 bits per heavy atom. The van der Waals surface area contributed by atoms with Crippen LogP contribution in [0.1, 0.15) is 55.6 Å². The van der Waals surface area contributed by atoms with Crippen molar-refractivity contribution in [2.75, 3.05) is 12.4 Å². The van der Waals surface area contributed by atoms with Crippen LogP contribution in [0.4, 0.5) is 14.6 Å². The number of benzene rings is 2. The van der Waals surface area contributed by atoms with Crippen LogP contribution in [0.3, 0.4) is 0 Å². The third kappa shape index (κ3) is 4.19.